The lowest BCUT2D eigenvalue weighted by Gasteiger charge is -2.17. The first-order valence-corrected chi connectivity index (χ1v) is 7.12. The first-order chi connectivity index (χ1) is 10.4. The maximum absolute atomic E-state index is 11.9. The van der Waals surface area contributed by atoms with Crippen molar-refractivity contribution in [2.75, 3.05) is 14.2 Å². The second-order valence-electron chi connectivity index (χ2n) is 5.32. The van der Waals surface area contributed by atoms with Crippen molar-refractivity contribution in [2.45, 2.75) is 32.7 Å². The molecule has 1 rings (SSSR count). The number of hydrogen-bond acceptors (Lipinski definition) is 4. The zero-order valence-electron chi connectivity index (χ0n) is 13.4. The van der Waals surface area contributed by atoms with Gasteiger partial charge in [0.05, 0.1) is 14.2 Å². The van der Waals surface area contributed by atoms with Crippen LogP contribution in [0.25, 0.3) is 0 Å². The number of carboxylic acids is 1. The van der Waals surface area contributed by atoms with E-state index in [0.29, 0.717) is 17.9 Å². The Labute approximate surface area is 130 Å². The van der Waals surface area contributed by atoms with E-state index >= 15 is 0 Å². The molecule has 6 nitrogen and oxygen atoms in total. The van der Waals surface area contributed by atoms with Crippen LogP contribution in [0.3, 0.4) is 0 Å². The number of rotatable bonds is 8. The number of amides is 1. The fourth-order valence-corrected chi connectivity index (χ4v) is 2.05. The van der Waals surface area contributed by atoms with Crippen LogP contribution in [0, 0.1) is 5.92 Å². The number of aryl methyl sites for hydroxylation is 1. The van der Waals surface area contributed by atoms with Crippen molar-refractivity contribution in [2.24, 2.45) is 5.92 Å². The predicted molar refractivity (Wildman–Crippen MR) is 82.3 cm³/mol. The number of hydrogen-bond donors (Lipinski definition) is 2. The Bertz CT molecular complexity index is 527. The van der Waals surface area contributed by atoms with E-state index in [9.17, 15) is 9.59 Å². The Morgan fingerprint density at radius 1 is 1.18 bits per heavy atom. The summed E-state index contributed by atoms with van der Waals surface area (Å²) in [6.07, 6.45) is 0.711. The maximum atomic E-state index is 11.9. The molecule has 1 aromatic rings. The molecule has 0 aliphatic carbocycles. The van der Waals surface area contributed by atoms with Crippen molar-refractivity contribution in [3.63, 3.8) is 0 Å². The molecule has 0 saturated carbocycles. The Balaban J connectivity index is 2.62. The minimum Gasteiger partial charge on any atom is -0.493 e. The standard InChI is InChI=1S/C16H23NO5/c1-10(2)15(16(19)20)17-14(18)8-6-11-5-7-12(21-3)13(9-11)22-4/h5,7,9-10,15H,6,8H2,1-4H3,(H,17,18)(H,19,20)/t15-/m0/s1. The van der Waals surface area contributed by atoms with Crippen LogP contribution in [0.2, 0.25) is 0 Å². The number of carboxylic acid groups (broad SMARTS) is 1. The van der Waals surface area contributed by atoms with E-state index in [-0.39, 0.29) is 18.2 Å². The predicted octanol–water partition coefficient (Wildman–Crippen LogP) is 1.86. The second-order valence-corrected chi connectivity index (χ2v) is 5.32. The van der Waals surface area contributed by atoms with Crippen LogP contribution in [0.5, 0.6) is 11.5 Å². The van der Waals surface area contributed by atoms with Gasteiger partial charge in [0.2, 0.25) is 5.91 Å². The van der Waals surface area contributed by atoms with Gasteiger partial charge in [-0.2, -0.15) is 0 Å². The fourth-order valence-electron chi connectivity index (χ4n) is 2.05. The monoisotopic (exact) mass is 309 g/mol. The van der Waals surface area contributed by atoms with Crippen LogP contribution in [-0.4, -0.2) is 37.2 Å². The summed E-state index contributed by atoms with van der Waals surface area (Å²) in [4.78, 5) is 22.9. The van der Waals surface area contributed by atoms with Crippen molar-refractivity contribution in [1.29, 1.82) is 0 Å². The van der Waals surface area contributed by atoms with Gasteiger partial charge in [-0.25, -0.2) is 4.79 Å². The highest BCUT2D eigenvalue weighted by Gasteiger charge is 2.23. The minimum atomic E-state index is -1.02. The van der Waals surface area contributed by atoms with Crippen LogP contribution in [0.1, 0.15) is 25.8 Å². The van der Waals surface area contributed by atoms with Crippen molar-refractivity contribution < 1.29 is 24.2 Å². The van der Waals surface area contributed by atoms with Gasteiger partial charge in [0.15, 0.2) is 11.5 Å². The van der Waals surface area contributed by atoms with E-state index in [1.165, 1.54) is 0 Å². The number of nitrogens with one attached hydrogen (secondary N) is 1. The van der Waals surface area contributed by atoms with Crippen LogP contribution in [-0.2, 0) is 16.0 Å². The molecular weight excluding hydrogens is 286 g/mol. The van der Waals surface area contributed by atoms with Gasteiger partial charge in [0, 0.05) is 6.42 Å². The first-order valence-electron chi connectivity index (χ1n) is 7.12. The Hall–Kier alpha value is -2.24. The summed E-state index contributed by atoms with van der Waals surface area (Å²) in [7, 11) is 3.11. The Kier molecular flexibility index (Phi) is 6.69. The molecule has 0 spiro atoms. The lowest BCUT2D eigenvalue weighted by atomic mass is 10.0. The van der Waals surface area contributed by atoms with E-state index < -0.39 is 12.0 Å². The summed E-state index contributed by atoms with van der Waals surface area (Å²) in [6.45, 7) is 3.51. The van der Waals surface area contributed by atoms with Crippen molar-refractivity contribution in [3.8, 4) is 11.5 Å². The van der Waals surface area contributed by atoms with Crippen molar-refractivity contribution in [3.05, 3.63) is 23.8 Å². The molecule has 1 atom stereocenters. The van der Waals surface area contributed by atoms with Crippen LogP contribution in [0.4, 0.5) is 0 Å². The van der Waals surface area contributed by atoms with E-state index in [1.54, 1.807) is 34.1 Å². The summed E-state index contributed by atoms with van der Waals surface area (Å²) < 4.78 is 10.4. The molecule has 0 saturated heterocycles. The largest absolute Gasteiger partial charge is 0.493 e. The molecule has 1 amide bonds. The van der Waals surface area contributed by atoms with Gasteiger partial charge < -0.3 is 19.9 Å². The third kappa shape index (κ3) is 4.95. The first kappa shape index (κ1) is 17.8. The highest BCUT2D eigenvalue weighted by atomic mass is 16.5. The number of ether oxygens (including phenoxy) is 2. The molecule has 0 aromatic heterocycles. The quantitative estimate of drug-likeness (QED) is 0.765. The van der Waals surface area contributed by atoms with E-state index in [2.05, 4.69) is 5.32 Å². The highest BCUT2D eigenvalue weighted by molar-refractivity contribution is 5.83. The van der Waals surface area contributed by atoms with Gasteiger partial charge in [0.1, 0.15) is 6.04 Å². The van der Waals surface area contributed by atoms with Gasteiger partial charge in [-0.3, -0.25) is 4.79 Å². The number of benzene rings is 1. The topological polar surface area (TPSA) is 84.9 Å². The minimum absolute atomic E-state index is 0.164. The summed E-state index contributed by atoms with van der Waals surface area (Å²) >= 11 is 0. The maximum Gasteiger partial charge on any atom is 0.326 e. The second kappa shape index (κ2) is 8.26. The summed E-state index contributed by atoms with van der Waals surface area (Å²) in [6, 6.07) is 4.58. The summed E-state index contributed by atoms with van der Waals surface area (Å²) in [5.41, 5.74) is 0.921. The molecule has 22 heavy (non-hydrogen) atoms. The van der Waals surface area contributed by atoms with Crippen LogP contribution in [0.15, 0.2) is 18.2 Å². The van der Waals surface area contributed by atoms with Gasteiger partial charge in [0.25, 0.3) is 0 Å². The zero-order valence-corrected chi connectivity index (χ0v) is 13.4. The molecule has 0 unspecified atom stereocenters. The van der Waals surface area contributed by atoms with E-state index in [4.69, 9.17) is 14.6 Å². The third-order valence-electron chi connectivity index (χ3n) is 3.34. The highest BCUT2D eigenvalue weighted by Crippen LogP contribution is 2.27. The number of aliphatic carboxylic acids is 1. The molecular formula is C16H23NO5. The van der Waals surface area contributed by atoms with Gasteiger partial charge in [-0.1, -0.05) is 19.9 Å². The molecule has 2 N–H and O–H groups in total. The summed E-state index contributed by atoms with van der Waals surface area (Å²) in [5, 5.41) is 11.6. The van der Waals surface area contributed by atoms with E-state index in [1.807, 2.05) is 12.1 Å². The van der Waals surface area contributed by atoms with Gasteiger partial charge >= 0.3 is 5.97 Å². The summed E-state index contributed by atoms with van der Waals surface area (Å²) in [5.74, 6) is -0.236. The molecule has 6 heteroatoms. The molecule has 0 aliphatic rings. The molecule has 1 aromatic carbocycles. The van der Waals surface area contributed by atoms with Crippen molar-refractivity contribution >= 4 is 11.9 Å². The van der Waals surface area contributed by atoms with E-state index in [0.717, 1.165) is 5.56 Å². The molecule has 122 valence electrons. The van der Waals surface area contributed by atoms with Crippen LogP contribution >= 0.6 is 0 Å². The Morgan fingerprint density at radius 3 is 2.32 bits per heavy atom. The fraction of sp³-hybridized carbons (Fsp3) is 0.500. The van der Waals surface area contributed by atoms with Gasteiger partial charge in [-0.05, 0) is 30.0 Å². The smallest absolute Gasteiger partial charge is 0.326 e. The molecule has 0 aliphatic heterocycles. The molecule has 0 radical (unpaired) electrons. The lowest BCUT2D eigenvalue weighted by molar-refractivity contribution is -0.143. The molecule has 0 fully saturated rings. The van der Waals surface area contributed by atoms with Gasteiger partial charge in [-0.15, -0.1) is 0 Å². The number of carbonyl (C=O) groups excluding carboxylic acids is 1. The van der Waals surface area contributed by atoms with Crippen molar-refractivity contribution in [1.82, 2.24) is 5.32 Å². The molecule has 0 bridgehead atoms. The normalized spacial score (nSPS) is 11.9. The zero-order chi connectivity index (χ0) is 16.7. The average Bonchev–Trinajstić information content (AvgIpc) is 2.49. The SMILES string of the molecule is COc1ccc(CCC(=O)N[C@H](C(=O)O)C(C)C)cc1OC. The molecule has 0 heterocycles. The third-order valence-corrected chi connectivity index (χ3v) is 3.34. The lowest BCUT2D eigenvalue weighted by Crippen LogP contribution is -2.44. The van der Waals surface area contributed by atoms with Crippen LogP contribution < -0.4 is 14.8 Å². The number of methoxy groups -OCH3 is 2. The Morgan fingerprint density at radius 2 is 1.82 bits per heavy atom. The number of carbonyl (C=O) groups is 2. The average molecular weight is 309 g/mol.